The van der Waals surface area contributed by atoms with Crippen molar-refractivity contribution < 1.29 is 9.50 Å². The highest BCUT2D eigenvalue weighted by molar-refractivity contribution is 5.88. The fourth-order valence-corrected chi connectivity index (χ4v) is 4.22. The Hall–Kier alpha value is -2.50. The fraction of sp³-hybridized carbons (Fsp3) is 0.318. The molecule has 1 aliphatic carbocycles. The van der Waals surface area contributed by atoms with E-state index in [4.69, 9.17) is 0 Å². The minimum Gasteiger partial charge on any atom is -0.392 e. The van der Waals surface area contributed by atoms with Crippen molar-refractivity contribution in [1.82, 2.24) is 9.88 Å². The molecule has 0 spiro atoms. The molecule has 2 aromatic carbocycles. The van der Waals surface area contributed by atoms with Crippen molar-refractivity contribution in [3.8, 4) is 11.1 Å². The standard InChI is InChI=1S/C22H21FN2O2/c1-12-17-5-2-13(6-14(17)10-24-12)18-9-21-19(8-20(18)23)15(11-26)7-22(27)25(21)16-3-4-16/h2,5-9,12,16,24,26H,3-4,10-11H2,1H3. The smallest absolute Gasteiger partial charge is 0.251 e. The minimum absolute atomic E-state index is 0.126. The summed E-state index contributed by atoms with van der Waals surface area (Å²) in [6.07, 6.45) is 1.92. The van der Waals surface area contributed by atoms with Gasteiger partial charge in [-0.3, -0.25) is 4.79 Å². The molecule has 4 nitrogen and oxygen atoms in total. The van der Waals surface area contributed by atoms with E-state index >= 15 is 4.39 Å². The van der Waals surface area contributed by atoms with Crippen LogP contribution in [0.25, 0.3) is 22.0 Å². The molecule has 1 aliphatic heterocycles. The maximum Gasteiger partial charge on any atom is 0.251 e. The van der Waals surface area contributed by atoms with Gasteiger partial charge in [-0.1, -0.05) is 12.1 Å². The number of hydrogen-bond donors (Lipinski definition) is 2. The third kappa shape index (κ3) is 2.61. The molecule has 0 amide bonds. The highest BCUT2D eigenvalue weighted by Crippen LogP contribution is 2.38. The van der Waals surface area contributed by atoms with Crippen LogP contribution in [-0.2, 0) is 13.2 Å². The summed E-state index contributed by atoms with van der Waals surface area (Å²) in [6.45, 7) is 2.62. The van der Waals surface area contributed by atoms with E-state index in [1.165, 1.54) is 23.3 Å². The van der Waals surface area contributed by atoms with Crippen LogP contribution in [0.3, 0.4) is 0 Å². The van der Waals surface area contributed by atoms with Gasteiger partial charge in [-0.05, 0) is 60.2 Å². The van der Waals surface area contributed by atoms with Gasteiger partial charge < -0.3 is 15.0 Å². The molecule has 5 rings (SSSR count). The molecule has 2 heterocycles. The number of aliphatic hydroxyl groups is 1. The number of hydrogen-bond acceptors (Lipinski definition) is 3. The van der Waals surface area contributed by atoms with Gasteiger partial charge in [0.15, 0.2) is 0 Å². The summed E-state index contributed by atoms with van der Waals surface area (Å²) in [4.78, 5) is 12.6. The lowest BCUT2D eigenvalue weighted by atomic mass is 9.96. The molecule has 2 N–H and O–H groups in total. The zero-order valence-electron chi connectivity index (χ0n) is 15.1. The van der Waals surface area contributed by atoms with Crippen LogP contribution < -0.4 is 10.9 Å². The van der Waals surface area contributed by atoms with E-state index < -0.39 is 0 Å². The predicted molar refractivity (Wildman–Crippen MR) is 103 cm³/mol. The molecule has 0 saturated heterocycles. The van der Waals surface area contributed by atoms with Crippen LogP contribution in [0.4, 0.5) is 4.39 Å². The molecule has 138 valence electrons. The Morgan fingerprint density at radius 1 is 1.22 bits per heavy atom. The van der Waals surface area contributed by atoms with Crippen molar-refractivity contribution in [1.29, 1.82) is 0 Å². The van der Waals surface area contributed by atoms with E-state index in [1.54, 1.807) is 10.6 Å². The van der Waals surface area contributed by atoms with Crippen molar-refractivity contribution in [2.75, 3.05) is 0 Å². The molecule has 0 radical (unpaired) electrons. The molecule has 1 atom stereocenters. The van der Waals surface area contributed by atoms with Crippen LogP contribution in [0.15, 0.2) is 41.2 Å². The van der Waals surface area contributed by atoms with Crippen molar-refractivity contribution in [2.24, 2.45) is 0 Å². The number of benzene rings is 2. The zero-order valence-corrected chi connectivity index (χ0v) is 15.1. The van der Waals surface area contributed by atoms with Crippen LogP contribution in [0.2, 0.25) is 0 Å². The summed E-state index contributed by atoms with van der Waals surface area (Å²) in [6, 6.07) is 11.2. The Balaban J connectivity index is 1.75. The van der Waals surface area contributed by atoms with Gasteiger partial charge in [0.1, 0.15) is 5.82 Å². The molecule has 5 heteroatoms. The maximum absolute atomic E-state index is 15.0. The quantitative estimate of drug-likeness (QED) is 0.743. The van der Waals surface area contributed by atoms with Gasteiger partial charge in [0.25, 0.3) is 5.56 Å². The number of nitrogens with one attached hydrogen (secondary N) is 1. The summed E-state index contributed by atoms with van der Waals surface area (Å²) in [5.74, 6) is -0.336. The van der Waals surface area contributed by atoms with E-state index in [0.717, 1.165) is 24.9 Å². The van der Waals surface area contributed by atoms with Gasteiger partial charge in [0, 0.05) is 35.6 Å². The van der Waals surface area contributed by atoms with Gasteiger partial charge >= 0.3 is 0 Å². The number of pyridine rings is 1. The largest absolute Gasteiger partial charge is 0.392 e. The summed E-state index contributed by atoms with van der Waals surface area (Å²) >= 11 is 0. The second-order valence-corrected chi connectivity index (χ2v) is 7.63. The molecule has 0 bridgehead atoms. The highest BCUT2D eigenvalue weighted by atomic mass is 19.1. The lowest BCUT2D eigenvalue weighted by Crippen LogP contribution is -2.20. The van der Waals surface area contributed by atoms with E-state index in [-0.39, 0.29) is 24.0 Å². The zero-order chi connectivity index (χ0) is 18.7. The molecule has 1 saturated carbocycles. The van der Waals surface area contributed by atoms with E-state index in [2.05, 4.69) is 18.3 Å². The Bertz CT molecular complexity index is 1130. The van der Waals surface area contributed by atoms with Gasteiger partial charge in [0.05, 0.1) is 12.1 Å². The number of nitrogens with zero attached hydrogens (tertiary/aromatic N) is 1. The Morgan fingerprint density at radius 2 is 2.04 bits per heavy atom. The van der Waals surface area contributed by atoms with E-state index in [1.807, 2.05) is 12.1 Å². The van der Waals surface area contributed by atoms with Gasteiger partial charge in [-0.2, -0.15) is 0 Å². The number of rotatable bonds is 3. The van der Waals surface area contributed by atoms with Crippen LogP contribution in [0, 0.1) is 5.82 Å². The second-order valence-electron chi connectivity index (χ2n) is 7.63. The van der Waals surface area contributed by atoms with Crippen molar-refractivity contribution in [2.45, 2.75) is 45.0 Å². The third-order valence-electron chi connectivity index (χ3n) is 5.83. The highest BCUT2D eigenvalue weighted by Gasteiger charge is 2.27. The monoisotopic (exact) mass is 364 g/mol. The SMILES string of the molecule is CC1NCc2cc(-c3cc4c(cc3F)c(CO)cc(=O)n4C3CC3)ccc21. The first-order valence-electron chi connectivity index (χ1n) is 9.42. The Kier molecular flexibility index (Phi) is 3.71. The second kappa shape index (κ2) is 6.01. The van der Waals surface area contributed by atoms with Crippen LogP contribution >= 0.6 is 0 Å². The number of aromatic nitrogens is 1. The van der Waals surface area contributed by atoms with Crippen LogP contribution in [0.5, 0.6) is 0 Å². The van der Waals surface area contributed by atoms with E-state index in [9.17, 15) is 9.90 Å². The molecule has 3 aromatic rings. The summed E-state index contributed by atoms with van der Waals surface area (Å²) < 4.78 is 16.8. The first-order valence-corrected chi connectivity index (χ1v) is 9.42. The van der Waals surface area contributed by atoms with Crippen molar-refractivity contribution in [3.05, 3.63) is 69.3 Å². The van der Waals surface area contributed by atoms with Crippen LogP contribution in [-0.4, -0.2) is 9.67 Å². The van der Waals surface area contributed by atoms with Gasteiger partial charge in [-0.25, -0.2) is 4.39 Å². The molecular weight excluding hydrogens is 343 g/mol. The maximum atomic E-state index is 15.0. The van der Waals surface area contributed by atoms with Crippen LogP contribution in [0.1, 0.15) is 48.5 Å². The molecule has 1 fully saturated rings. The summed E-state index contributed by atoms with van der Waals surface area (Å²) in [7, 11) is 0. The average Bonchev–Trinajstić information content (AvgIpc) is 3.43. The molecule has 1 aromatic heterocycles. The molecule has 1 unspecified atom stereocenters. The minimum atomic E-state index is -0.336. The average molecular weight is 364 g/mol. The van der Waals surface area contributed by atoms with Crippen molar-refractivity contribution >= 4 is 10.9 Å². The summed E-state index contributed by atoms with van der Waals surface area (Å²) in [5.41, 5.74) is 4.79. The van der Waals surface area contributed by atoms with Gasteiger partial charge in [-0.15, -0.1) is 0 Å². The first-order chi connectivity index (χ1) is 13.1. The Morgan fingerprint density at radius 3 is 2.78 bits per heavy atom. The van der Waals surface area contributed by atoms with E-state index in [0.29, 0.717) is 28.1 Å². The number of halogens is 1. The third-order valence-corrected chi connectivity index (χ3v) is 5.83. The Labute approximate surface area is 156 Å². The fourth-order valence-electron chi connectivity index (χ4n) is 4.22. The molecule has 2 aliphatic rings. The topological polar surface area (TPSA) is 54.3 Å². The lowest BCUT2D eigenvalue weighted by molar-refractivity contribution is 0.283. The number of fused-ring (bicyclic) bond motifs is 2. The molecular formula is C22H21FN2O2. The predicted octanol–water partition coefficient (Wildman–Crippen LogP) is 3.80. The normalized spacial score (nSPS) is 18.9. The van der Waals surface area contributed by atoms with Crippen molar-refractivity contribution in [3.63, 3.8) is 0 Å². The molecule has 27 heavy (non-hydrogen) atoms. The lowest BCUT2D eigenvalue weighted by Gasteiger charge is -2.15. The van der Waals surface area contributed by atoms with Gasteiger partial charge in [0.2, 0.25) is 0 Å². The first kappa shape index (κ1) is 16.7. The summed E-state index contributed by atoms with van der Waals surface area (Å²) in [5, 5.41) is 13.6. The number of aliphatic hydroxyl groups excluding tert-OH is 1.